The van der Waals surface area contributed by atoms with E-state index in [1.807, 2.05) is 18.7 Å². The maximum atomic E-state index is 11.4. The molecule has 0 aliphatic carbocycles. The van der Waals surface area contributed by atoms with E-state index in [0.29, 0.717) is 36.9 Å². The van der Waals surface area contributed by atoms with Crippen molar-refractivity contribution in [3.8, 4) is 0 Å². The first-order chi connectivity index (χ1) is 22.0. The van der Waals surface area contributed by atoms with Crippen LogP contribution in [0.3, 0.4) is 0 Å². The standard InChI is InChI=1S/C8H17NOS.C7H11NO2.C7H15NO.C7H13NO.C7H15N/c1-8(2)9-4-6-11(3,10)7-5-9;1-5(2)8-6(9)3-4-7(8)10;1-7(2)8-3-5-9-6-4-8;1-6(2)8-5-3-4-7(8)9;1-7(2)8-5-3-4-6-8/h8H,3-7H2,1-2H3;5H,3-4H2,1-2H3;7H,3-6H2,1-2H3;6H,3-5H2,1-2H3;7H,3-6H2,1-2H3. The average Bonchev–Trinajstić information content (AvgIpc) is 3.77. The lowest BCUT2D eigenvalue weighted by atomic mass is 10.3. The minimum atomic E-state index is -1.69. The van der Waals surface area contributed by atoms with Crippen LogP contribution in [0.2, 0.25) is 0 Å². The molecule has 0 aromatic carbocycles. The summed E-state index contributed by atoms with van der Waals surface area (Å²) in [5.74, 6) is 5.56. The van der Waals surface area contributed by atoms with Gasteiger partial charge in [0.2, 0.25) is 17.7 Å². The Morgan fingerprint density at radius 2 is 0.957 bits per heavy atom. The van der Waals surface area contributed by atoms with Crippen molar-refractivity contribution in [1.82, 2.24) is 24.5 Å². The highest BCUT2D eigenvalue weighted by Gasteiger charge is 2.30. The Kier molecular flexibility index (Phi) is 20.6. The number of likely N-dealkylation sites (tertiary alicyclic amines) is 3. The highest BCUT2D eigenvalue weighted by Crippen LogP contribution is 2.15. The molecular formula is C36H71N5O5S. The van der Waals surface area contributed by atoms with Crippen LogP contribution in [0.5, 0.6) is 0 Å². The first-order valence-electron chi connectivity index (χ1n) is 18.2. The Hall–Kier alpha value is -1.53. The number of ether oxygens (including phenoxy) is 1. The van der Waals surface area contributed by atoms with Crippen molar-refractivity contribution in [3.05, 3.63) is 0 Å². The lowest BCUT2D eigenvalue weighted by Gasteiger charge is -2.31. The molecule has 5 aliphatic rings. The largest absolute Gasteiger partial charge is 0.379 e. The Morgan fingerprint density at radius 3 is 1.23 bits per heavy atom. The Morgan fingerprint density at radius 1 is 0.532 bits per heavy atom. The third kappa shape index (κ3) is 17.1. The van der Waals surface area contributed by atoms with Crippen molar-refractivity contribution in [2.45, 2.75) is 138 Å². The molecule has 3 amide bonds. The zero-order valence-electron chi connectivity index (χ0n) is 31.8. The maximum Gasteiger partial charge on any atom is 0.229 e. The molecular weight excluding hydrogens is 614 g/mol. The highest BCUT2D eigenvalue weighted by atomic mass is 32.2. The van der Waals surface area contributed by atoms with Crippen molar-refractivity contribution in [2.75, 3.05) is 70.5 Å². The highest BCUT2D eigenvalue weighted by molar-refractivity contribution is 8.00. The maximum absolute atomic E-state index is 11.4. The van der Waals surface area contributed by atoms with Gasteiger partial charge in [0.05, 0.1) is 13.2 Å². The normalized spacial score (nSPS) is 22.2. The van der Waals surface area contributed by atoms with Crippen molar-refractivity contribution in [2.24, 2.45) is 0 Å². The van der Waals surface area contributed by atoms with Gasteiger partial charge in [-0.25, -0.2) is 0 Å². The van der Waals surface area contributed by atoms with Gasteiger partial charge in [0.1, 0.15) is 0 Å². The zero-order valence-corrected chi connectivity index (χ0v) is 32.6. The molecule has 0 saturated carbocycles. The molecule has 0 N–H and O–H groups in total. The second-order valence-electron chi connectivity index (χ2n) is 14.6. The van der Waals surface area contributed by atoms with Gasteiger partial charge in [-0.1, -0.05) is 0 Å². The van der Waals surface area contributed by atoms with Crippen molar-refractivity contribution >= 4 is 33.1 Å². The van der Waals surface area contributed by atoms with E-state index < -0.39 is 9.52 Å². The molecule has 47 heavy (non-hydrogen) atoms. The fourth-order valence-corrected chi connectivity index (χ4v) is 7.37. The topological polar surface area (TPSA) is 93.7 Å². The SMILES string of the molecule is C=S1(=O)CCN(C(C)C)CC1.CC(C)N1C(=O)CCC1=O.CC(C)N1CCCC1.CC(C)N1CCCC1=O.CC(C)N1CCOCC1. The summed E-state index contributed by atoms with van der Waals surface area (Å²) in [5.41, 5.74) is 0. The van der Waals surface area contributed by atoms with E-state index in [2.05, 4.69) is 76.0 Å². The fraction of sp³-hybridized carbons (Fsp3) is 0.889. The third-order valence-corrected chi connectivity index (χ3v) is 11.1. The van der Waals surface area contributed by atoms with E-state index in [9.17, 15) is 18.6 Å². The second-order valence-corrected chi connectivity index (χ2v) is 17.4. The number of carbonyl (C=O) groups is 3. The van der Waals surface area contributed by atoms with E-state index in [4.69, 9.17) is 4.74 Å². The van der Waals surface area contributed by atoms with Gasteiger partial charge in [0.15, 0.2) is 0 Å². The molecule has 11 heteroatoms. The van der Waals surface area contributed by atoms with Crippen LogP contribution >= 0.6 is 0 Å². The van der Waals surface area contributed by atoms with Crippen LogP contribution in [-0.4, -0.2) is 153 Å². The molecule has 10 nitrogen and oxygen atoms in total. The first kappa shape index (κ1) is 43.5. The quantitative estimate of drug-likeness (QED) is 0.314. The number of amides is 3. The summed E-state index contributed by atoms with van der Waals surface area (Å²) in [6.07, 6.45) is 5.44. The molecule has 5 rings (SSSR count). The van der Waals surface area contributed by atoms with Crippen LogP contribution in [0.25, 0.3) is 0 Å². The van der Waals surface area contributed by atoms with E-state index in [1.165, 1.54) is 30.8 Å². The second kappa shape index (κ2) is 22.2. The number of rotatable bonds is 5. The number of nitrogens with zero attached hydrogens (tertiary/aromatic N) is 5. The van der Waals surface area contributed by atoms with E-state index >= 15 is 0 Å². The van der Waals surface area contributed by atoms with Gasteiger partial charge in [0, 0.05) is 93.7 Å². The number of carbonyl (C=O) groups excluding carboxylic acids is 3. The Balaban J connectivity index is 0.000000295. The first-order valence-corrected chi connectivity index (χ1v) is 20.3. The van der Waals surface area contributed by atoms with E-state index in [1.54, 1.807) is 0 Å². The van der Waals surface area contributed by atoms with Crippen molar-refractivity contribution in [1.29, 1.82) is 0 Å². The van der Waals surface area contributed by atoms with Crippen LogP contribution in [0.4, 0.5) is 0 Å². The number of imide groups is 1. The van der Waals surface area contributed by atoms with Gasteiger partial charge in [-0.15, -0.1) is 0 Å². The summed E-state index contributed by atoms with van der Waals surface area (Å²) in [5, 5.41) is 0. The molecule has 0 bridgehead atoms. The van der Waals surface area contributed by atoms with E-state index in [-0.39, 0.29) is 17.9 Å². The summed E-state index contributed by atoms with van der Waals surface area (Å²) >= 11 is 0. The number of hydrogen-bond donors (Lipinski definition) is 0. The molecule has 5 heterocycles. The summed E-state index contributed by atoms with van der Waals surface area (Å²) in [4.78, 5) is 43.4. The van der Waals surface area contributed by atoms with Gasteiger partial charge in [0.25, 0.3) is 0 Å². The molecule has 0 atom stereocenters. The fourth-order valence-electron chi connectivity index (χ4n) is 6.03. The molecule has 5 saturated heterocycles. The van der Waals surface area contributed by atoms with Gasteiger partial charge in [-0.3, -0.25) is 33.3 Å². The Labute approximate surface area is 288 Å². The lowest BCUT2D eigenvalue weighted by molar-refractivity contribution is -0.140. The molecule has 0 aromatic rings. The van der Waals surface area contributed by atoms with Crippen molar-refractivity contribution in [3.63, 3.8) is 0 Å². The van der Waals surface area contributed by atoms with Gasteiger partial charge in [-0.2, -0.15) is 0 Å². The monoisotopic (exact) mass is 686 g/mol. The molecule has 0 spiro atoms. The zero-order chi connectivity index (χ0) is 35.7. The predicted octanol–water partition coefficient (Wildman–Crippen LogP) is 4.21. The predicted molar refractivity (Wildman–Crippen MR) is 197 cm³/mol. The molecule has 0 aromatic heterocycles. The summed E-state index contributed by atoms with van der Waals surface area (Å²) in [6.45, 7) is 30.8. The summed E-state index contributed by atoms with van der Waals surface area (Å²) < 4.78 is 16.6. The minimum Gasteiger partial charge on any atom is -0.379 e. The summed E-state index contributed by atoms with van der Waals surface area (Å²) in [7, 11) is -1.69. The molecule has 5 aliphatic heterocycles. The van der Waals surface area contributed by atoms with Crippen LogP contribution in [0.1, 0.15) is 108 Å². The van der Waals surface area contributed by atoms with Crippen molar-refractivity contribution < 1.29 is 23.3 Å². The molecule has 276 valence electrons. The van der Waals surface area contributed by atoms with Gasteiger partial charge in [-0.05, 0) is 117 Å². The van der Waals surface area contributed by atoms with Gasteiger partial charge < -0.3 is 14.5 Å². The van der Waals surface area contributed by atoms with E-state index in [0.717, 1.165) is 76.3 Å². The van der Waals surface area contributed by atoms with Gasteiger partial charge >= 0.3 is 0 Å². The summed E-state index contributed by atoms with van der Waals surface area (Å²) in [6, 6.07) is 2.49. The molecule has 5 fully saturated rings. The number of hydrogen-bond acceptors (Lipinski definition) is 8. The van der Waals surface area contributed by atoms with Crippen LogP contribution in [0.15, 0.2) is 0 Å². The van der Waals surface area contributed by atoms with Crippen LogP contribution in [-0.2, 0) is 28.6 Å². The number of morpholine rings is 1. The Bertz CT molecular complexity index is 989. The molecule has 0 unspecified atom stereocenters. The third-order valence-electron chi connectivity index (χ3n) is 9.22. The smallest absolute Gasteiger partial charge is 0.229 e. The minimum absolute atomic E-state index is 0.0278. The average molecular weight is 686 g/mol. The van der Waals surface area contributed by atoms with Crippen LogP contribution in [0, 0.1) is 0 Å². The molecule has 0 radical (unpaired) electrons. The lowest BCUT2D eigenvalue weighted by Crippen LogP contribution is -2.43. The van der Waals surface area contributed by atoms with Crippen LogP contribution < -0.4 is 0 Å².